The SMILES string of the molecule is CC1(C(=O)NC2CCCCC2)COC(c2nc(-c3ccc(F)cc3)c(-c3ccnc(OCc4ccccc4)n3)[nH]2)OC1. The van der Waals surface area contributed by atoms with E-state index in [2.05, 4.69) is 20.3 Å². The highest BCUT2D eigenvalue weighted by atomic mass is 19.1. The van der Waals surface area contributed by atoms with E-state index in [0.29, 0.717) is 35.1 Å². The van der Waals surface area contributed by atoms with E-state index in [0.717, 1.165) is 31.2 Å². The maximum Gasteiger partial charge on any atom is 0.317 e. The fourth-order valence-corrected chi connectivity index (χ4v) is 5.28. The summed E-state index contributed by atoms with van der Waals surface area (Å²) in [5.41, 5.74) is 2.55. The van der Waals surface area contributed by atoms with Gasteiger partial charge in [0.2, 0.25) is 12.2 Å². The molecule has 0 bridgehead atoms. The van der Waals surface area contributed by atoms with E-state index < -0.39 is 11.7 Å². The van der Waals surface area contributed by atoms with Crippen LogP contribution in [0.5, 0.6) is 6.01 Å². The number of carbonyl (C=O) groups excluding carboxylic acids is 1. The third-order valence-electron chi connectivity index (χ3n) is 7.76. The minimum absolute atomic E-state index is 0.0518. The van der Waals surface area contributed by atoms with Gasteiger partial charge < -0.3 is 24.5 Å². The average molecular weight is 572 g/mol. The molecule has 2 fully saturated rings. The van der Waals surface area contributed by atoms with Crippen molar-refractivity contribution in [2.24, 2.45) is 5.41 Å². The van der Waals surface area contributed by atoms with Gasteiger partial charge in [-0.15, -0.1) is 0 Å². The second kappa shape index (κ2) is 12.4. The molecule has 0 unspecified atom stereocenters. The van der Waals surface area contributed by atoms with Gasteiger partial charge in [0, 0.05) is 17.8 Å². The summed E-state index contributed by atoms with van der Waals surface area (Å²) in [7, 11) is 0. The van der Waals surface area contributed by atoms with E-state index in [1.165, 1.54) is 18.6 Å². The molecule has 2 aromatic carbocycles. The molecule has 3 heterocycles. The molecule has 6 rings (SSSR count). The number of ether oxygens (including phenoxy) is 3. The van der Waals surface area contributed by atoms with Gasteiger partial charge in [0.05, 0.1) is 35.7 Å². The molecule has 9 nitrogen and oxygen atoms in total. The quantitative estimate of drug-likeness (QED) is 0.277. The first-order valence-corrected chi connectivity index (χ1v) is 14.4. The first-order valence-electron chi connectivity index (χ1n) is 14.4. The van der Waals surface area contributed by atoms with Crippen LogP contribution < -0.4 is 10.1 Å². The van der Waals surface area contributed by atoms with Gasteiger partial charge in [0.25, 0.3) is 0 Å². The molecular formula is C32H34FN5O4. The Labute approximate surface area is 243 Å². The lowest BCUT2D eigenvalue weighted by Crippen LogP contribution is -2.51. The van der Waals surface area contributed by atoms with Gasteiger partial charge in [-0.25, -0.2) is 14.4 Å². The molecule has 0 atom stereocenters. The van der Waals surface area contributed by atoms with Gasteiger partial charge in [-0.3, -0.25) is 4.79 Å². The summed E-state index contributed by atoms with van der Waals surface area (Å²) in [4.78, 5) is 30.1. The lowest BCUT2D eigenvalue weighted by atomic mass is 9.89. The zero-order chi connectivity index (χ0) is 28.9. The van der Waals surface area contributed by atoms with E-state index >= 15 is 0 Å². The molecule has 2 aromatic heterocycles. The Morgan fingerprint density at radius 3 is 2.50 bits per heavy atom. The maximum absolute atomic E-state index is 13.7. The van der Waals surface area contributed by atoms with Crippen molar-refractivity contribution >= 4 is 5.91 Å². The van der Waals surface area contributed by atoms with E-state index in [1.807, 2.05) is 37.3 Å². The summed E-state index contributed by atoms with van der Waals surface area (Å²) in [6, 6.07) is 18.0. The molecule has 218 valence electrons. The molecule has 1 aliphatic heterocycles. The van der Waals surface area contributed by atoms with Crippen molar-refractivity contribution in [1.29, 1.82) is 0 Å². The molecule has 10 heteroatoms. The van der Waals surface area contributed by atoms with Crippen molar-refractivity contribution < 1.29 is 23.4 Å². The first-order chi connectivity index (χ1) is 20.5. The number of aromatic nitrogens is 4. The lowest BCUT2D eigenvalue weighted by molar-refractivity contribution is -0.231. The highest BCUT2D eigenvalue weighted by Crippen LogP contribution is 2.36. The number of hydrogen-bond donors (Lipinski definition) is 2. The molecule has 4 aromatic rings. The van der Waals surface area contributed by atoms with Crippen LogP contribution in [0.3, 0.4) is 0 Å². The fraction of sp³-hybridized carbons (Fsp3) is 0.375. The largest absolute Gasteiger partial charge is 0.459 e. The van der Waals surface area contributed by atoms with Gasteiger partial charge in [-0.05, 0) is 55.7 Å². The van der Waals surface area contributed by atoms with E-state index in [9.17, 15) is 9.18 Å². The van der Waals surface area contributed by atoms with Crippen molar-refractivity contribution in [2.45, 2.75) is 58.0 Å². The Hall–Kier alpha value is -4.15. The monoisotopic (exact) mass is 571 g/mol. The van der Waals surface area contributed by atoms with Gasteiger partial charge in [-0.2, -0.15) is 4.98 Å². The molecular weight excluding hydrogens is 537 g/mol. The second-order valence-electron chi connectivity index (χ2n) is 11.2. The van der Waals surface area contributed by atoms with Gasteiger partial charge in [0.1, 0.15) is 12.4 Å². The summed E-state index contributed by atoms with van der Waals surface area (Å²) in [6.45, 7) is 2.54. The number of carbonyl (C=O) groups is 1. The highest BCUT2D eigenvalue weighted by Gasteiger charge is 2.41. The molecule has 1 saturated carbocycles. The van der Waals surface area contributed by atoms with Gasteiger partial charge >= 0.3 is 6.01 Å². The number of nitrogens with zero attached hydrogens (tertiary/aromatic N) is 3. The molecule has 0 radical (unpaired) electrons. The Bertz CT molecular complexity index is 1500. The van der Waals surface area contributed by atoms with Crippen LogP contribution in [0.15, 0.2) is 66.9 Å². The van der Waals surface area contributed by atoms with Crippen LogP contribution in [0, 0.1) is 11.2 Å². The number of H-pyrrole nitrogens is 1. The lowest BCUT2D eigenvalue weighted by Gasteiger charge is -2.37. The van der Waals surface area contributed by atoms with Gasteiger partial charge in [-0.1, -0.05) is 49.6 Å². The molecule has 0 spiro atoms. The number of hydrogen-bond acceptors (Lipinski definition) is 7. The summed E-state index contributed by atoms with van der Waals surface area (Å²) < 4.78 is 31.7. The number of halogens is 1. The normalized spacial score (nSPS) is 21.1. The molecule has 1 amide bonds. The van der Waals surface area contributed by atoms with Crippen molar-refractivity contribution in [1.82, 2.24) is 25.3 Å². The smallest absolute Gasteiger partial charge is 0.317 e. The number of amides is 1. The third kappa shape index (κ3) is 6.34. The molecule has 1 aliphatic carbocycles. The molecule has 42 heavy (non-hydrogen) atoms. The number of benzene rings is 2. The zero-order valence-corrected chi connectivity index (χ0v) is 23.5. The molecule has 1 saturated heterocycles. The Balaban J connectivity index is 1.22. The highest BCUT2D eigenvalue weighted by molar-refractivity contribution is 5.83. The Kier molecular flexibility index (Phi) is 8.25. The van der Waals surface area contributed by atoms with Crippen LogP contribution in [-0.2, 0) is 20.9 Å². The maximum atomic E-state index is 13.7. The Morgan fingerprint density at radius 2 is 1.76 bits per heavy atom. The summed E-state index contributed by atoms with van der Waals surface area (Å²) in [6.07, 6.45) is 6.32. The van der Waals surface area contributed by atoms with Crippen molar-refractivity contribution in [3.63, 3.8) is 0 Å². The first kappa shape index (κ1) is 28.0. The minimum atomic E-state index is -0.816. The third-order valence-corrected chi connectivity index (χ3v) is 7.76. The number of imidazole rings is 1. The number of aromatic amines is 1. The fourth-order valence-electron chi connectivity index (χ4n) is 5.28. The van der Waals surface area contributed by atoms with E-state index in [-0.39, 0.29) is 37.0 Å². The predicted molar refractivity (Wildman–Crippen MR) is 154 cm³/mol. The van der Waals surface area contributed by atoms with Crippen LogP contribution in [0.4, 0.5) is 4.39 Å². The minimum Gasteiger partial charge on any atom is -0.459 e. The topological polar surface area (TPSA) is 111 Å². The summed E-state index contributed by atoms with van der Waals surface area (Å²) in [5, 5.41) is 3.19. The van der Waals surface area contributed by atoms with Crippen LogP contribution in [0.2, 0.25) is 0 Å². The van der Waals surface area contributed by atoms with E-state index in [1.54, 1.807) is 24.4 Å². The van der Waals surface area contributed by atoms with Crippen LogP contribution >= 0.6 is 0 Å². The number of rotatable bonds is 8. The predicted octanol–water partition coefficient (Wildman–Crippen LogP) is 5.75. The zero-order valence-electron chi connectivity index (χ0n) is 23.5. The summed E-state index contributed by atoms with van der Waals surface area (Å²) >= 11 is 0. The average Bonchev–Trinajstić information content (AvgIpc) is 3.47. The molecule has 2 aliphatic rings. The van der Waals surface area contributed by atoms with Crippen molar-refractivity contribution in [3.05, 3.63) is 84.1 Å². The van der Waals surface area contributed by atoms with Crippen LogP contribution in [0.1, 0.15) is 56.7 Å². The second-order valence-corrected chi connectivity index (χ2v) is 11.2. The number of nitrogens with one attached hydrogen (secondary N) is 2. The molecule has 2 N–H and O–H groups in total. The van der Waals surface area contributed by atoms with Crippen molar-refractivity contribution in [3.8, 4) is 28.7 Å². The van der Waals surface area contributed by atoms with Crippen molar-refractivity contribution in [2.75, 3.05) is 13.2 Å². The summed E-state index contributed by atoms with van der Waals surface area (Å²) in [5.74, 6) is 0.0212. The van der Waals surface area contributed by atoms with Crippen LogP contribution in [0.25, 0.3) is 22.6 Å². The van der Waals surface area contributed by atoms with E-state index in [4.69, 9.17) is 19.2 Å². The van der Waals surface area contributed by atoms with Gasteiger partial charge in [0.15, 0.2) is 5.82 Å². The standard InChI is InChI=1S/C32H34FN5O4/c1-32(30(39)35-24-10-6-3-7-11-24)19-41-29(42-20-32)28-37-26(22-12-14-23(33)15-13-22)27(38-28)25-16-17-34-31(36-25)40-18-21-8-4-2-5-9-21/h2,4-5,8-9,12-17,24,29H,3,6-7,10-11,18-20H2,1H3,(H,35,39)(H,37,38). The Morgan fingerprint density at radius 1 is 1.02 bits per heavy atom. The van der Waals surface area contributed by atoms with Crippen LogP contribution in [-0.4, -0.2) is 45.1 Å².